The van der Waals surface area contributed by atoms with E-state index in [4.69, 9.17) is 17.3 Å². The van der Waals surface area contributed by atoms with Crippen molar-refractivity contribution in [2.24, 2.45) is 11.7 Å². The molecule has 0 spiro atoms. The molecule has 0 aliphatic carbocycles. The molecule has 1 atom stereocenters. The molecule has 1 aromatic carbocycles. The van der Waals surface area contributed by atoms with E-state index >= 15 is 0 Å². The fourth-order valence-electron chi connectivity index (χ4n) is 1.66. The molecule has 3 N–H and O–H groups in total. The van der Waals surface area contributed by atoms with Gasteiger partial charge in [0.05, 0.1) is 4.90 Å². The molecule has 1 rings (SSSR count). The van der Waals surface area contributed by atoms with Crippen LogP contribution in [0.3, 0.4) is 0 Å². The molecule has 0 saturated carbocycles. The SMILES string of the molecule is CC(C)CC(CN)NS(=O)(=O)c1ccc(Cl)cc1.Cl. The minimum Gasteiger partial charge on any atom is -0.329 e. The van der Waals surface area contributed by atoms with Crippen LogP contribution in [0.2, 0.25) is 5.02 Å². The van der Waals surface area contributed by atoms with Gasteiger partial charge in [0.1, 0.15) is 0 Å². The van der Waals surface area contributed by atoms with Crippen LogP contribution in [-0.2, 0) is 10.0 Å². The summed E-state index contributed by atoms with van der Waals surface area (Å²) >= 11 is 5.73. The van der Waals surface area contributed by atoms with Crippen LogP contribution >= 0.6 is 24.0 Å². The monoisotopic (exact) mass is 326 g/mol. The largest absolute Gasteiger partial charge is 0.329 e. The number of nitrogens with one attached hydrogen (secondary N) is 1. The van der Waals surface area contributed by atoms with E-state index in [0.717, 1.165) is 0 Å². The van der Waals surface area contributed by atoms with Crippen molar-refractivity contribution >= 4 is 34.0 Å². The Kier molecular flexibility index (Phi) is 7.93. The van der Waals surface area contributed by atoms with Crippen LogP contribution < -0.4 is 10.5 Å². The zero-order valence-corrected chi connectivity index (χ0v) is 13.4. The van der Waals surface area contributed by atoms with Crippen LogP contribution in [0.1, 0.15) is 20.3 Å². The normalized spacial score (nSPS) is 13.1. The third kappa shape index (κ3) is 6.10. The van der Waals surface area contributed by atoms with E-state index in [1.807, 2.05) is 13.8 Å². The Hall–Kier alpha value is -0.330. The maximum Gasteiger partial charge on any atom is 0.240 e. The molecule has 0 aliphatic heterocycles. The quantitative estimate of drug-likeness (QED) is 0.843. The Morgan fingerprint density at radius 3 is 2.21 bits per heavy atom. The summed E-state index contributed by atoms with van der Waals surface area (Å²) in [4.78, 5) is 0.203. The Morgan fingerprint density at radius 2 is 1.79 bits per heavy atom. The van der Waals surface area contributed by atoms with E-state index < -0.39 is 10.0 Å². The van der Waals surface area contributed by atoms with Gasteiger partial charge >= 0.3 is 0 Å². The third-order valence-corrected chi connectivity index (χ3v) is 4.27. The summed E-state index contributed by atoms with van der Waals surface area (Å²) in [6.07, 6.45) is 0.712. The second-order valence-corrected chi connectivity index (χ2v) is 6.79. The van der Waals surface area contributed by atoms with Gasteiger partial charge in [0.2, 0.25) is 10.0 Å². The van der Waals surface area contributed by atoms with Crippen LogP contribution in [0.5, 0.6) is 0 Å². The molecule has 7 heteroatoms. The maximum atomic E-state index is 12.1. The minimum atomic E-state index is -3.52. The second-order valence-electron chi connectivity index (χ2n) is 4.64. The summed E-state index contributed by atoms with van der Waals surface area (Å²) in [5.41, 5.74) is 5.58. The van der Waals surface area contributed by atoms with Crippen LogP contribution in [0.4, 0.5) is 0 Å². The van der Waals surface area contributed by atoms with Gasteiger partial charge in [-0.2, -0.15) is 0 Å². The molecule has 0 aromatic heterocycles. The van der Waals surface area contributed by atoms with Crippen molar-refractivity contribution in [1.82, 2.24) is 4.72 Å². The Bertz CT molecular complexity index is 475. The zero-order chi connectivity index (χ0) is 13.8. The number of hydrogen-bond acceptors (Lipinski definition) is 3. The summed E-state index contributed by atoms with van der Waals surface area (Å²) in [7, 11) is -3.52. The lowest BCUT2D eigenvalue weighted by Gasteiger charge is -2.18. The summed E-state index contributed by atoms with van der Waals surface area (Å²) < 4.78 is 26.8. The zero-order valence-electron chi connectivity index (χ0n) is 11.0. The molecule has 0 aliphatic rings. The van der Waals surface area contributed by atoms with E-state index in [1.165, 1.54) is 12.1 Å². The van der Waals surface area contributed by atoms with Crippen molar-refractivity contribution in [2.75, 3.05) is 6.54 Å². The van der Waals surface area contributed by atoms with Crippen molar-refractivity contribution in [1.29, 1.82) is 0 Å². The van der Waals surface area contributed by atoms with Gasteiger partial charge in [0, 0.05) is 17.6 Å². The van der Waals surface area contributed by atoms with Gasteiger partial charge in [-0.3, -0.25) is 0 Å². The number of halogens is 2. The molecule has 19 heavy (non-hydrogen) atoms. The predicted molar refractivity (Wildman–Crippen MR) is 81.3 cm³/mol. The molecule has 0 heterocycles. The Labute approximate surface area is 126 Å². The smallest absolute Gasteiger partial charge is 0.240 e. The van der Waals surface area contributed by atoms with Crippen molar-refractivity contribution in [3.63, 3.8) is 0 Å². The number of sulfonamides is 1. The fraction of sp³-hybridized carbons (Fsp3) is 0.500. The molecule has 4 nitrogen and oxygen atoms in total. The molecule has 0 saturated heterocycles. The molecule has 1 unspecified atom stereocenters. The molecule has 0 amide bonds. The van der Waals surface area contributed by atoms with Gasteiger partial charge in [-0.05, 0) is 36.6 Å². The van der Waals surface area contributed by atoms with Crippen molar-refractivity contribution < 1.29 is 8.42 Å². The first kappa shape index (κ1) is 18.7. The molecular formula is C12H20Cl2N2O2S. The molecule has 1 aromatic rings. The first-order valence-corrected chi connectivity index (χ1v) is 7.69. The third-order valence-electron chi connectivity index (χ3n) is 2.49. The highest BCUT2D eigenvalue weighted by molar-refractivity contribution is 7.89. The lowest BCUT2D eigenvalue weighted by atomic mass is 10.1. The number of nitrogens with two attached hydrogens (primary N) is 1. The molecular weight excluding hydrogens is 307 g/mol. The van der Waals surface area contributed by atoms with Crippen LogP contribution in [0, 0.1) is 5.92 Å². The van der Waals surface area contributed by atoms with Gasteiger partial charge in [0.25, 0.3) is 0 Å². The number of hydrogen-bond donors (Lipinski definition) is 2. The van der Waals surface area contributed by atoms with E-state index in [9.17, 15) is 8.42 Å². The molecule has 0 radical (unpaired) electrons. The Morgan fingerprint density at radius 1 is 1.26 bits per heavy atom. The van der Waals surface area contributed by atoms with E-state index in [0.29, 0.717) is 17.4 Å². The molecule has 0 fully saturated rings. The van der Waals surface area contributed by atoms with E-state index in [-0.39, 0.29) is 29.9 Å². The number of rotatable bonds is 6. The van der Waals surface area contributed by atoms with Crippen LogP contribution in [0.25, 0.3) is 0 Å². The van der Waals surface area contributed by atoms with Gasteiger partial charge in [-0.1, -0.05) is 25.4 Å². The average molecular weight is 327 g/mol. The lowest BCUT2D eigenvalue weighted by molar-refractivity contribution is 0.465. The lowest BCUT2D eigenvalue weighted by Crippen LogP contribution is -2.40. The minimum absolute atomic E-state index is 0. The number of benzene rings is 1. The first-order chi connectivity index (χ1) is 8.35. The summed E-state index contributed by atoms with van der Waals surface area (Å²) in [5, 5.41) is 0.506. The average Bonchev–Trinajstić information content (AvgIpc) is 2.27. The fourth-order valence-corrected chi connectivity index (χ4v) is 3.05. The van der Waals surface area contributed by atoms with Gasteiger partial charge < -0.3 is 5.73 Å². The summed E-state index contributed by atoms with van der Waals surface area (Å²) in [6, 6.07) is 5.82. The summed E-state index contributed by atoms with van der Waals surface area (Å²) in [6.45, 7) is 4.34. The second kappa shape index (κ2) is 8.07. The van der Waals surface area contributed by atoms with Gasteiger partial charge in [-0.15, -0.1) is 12.4 Å². The van der Waals surface area contributed by atoms with E-state index in [2.05, 4.69) is 4.72 Å². The topological polar surface area (TPSA) is 72.2 Å². The maximum absolute atomic E-state index is 12.1. The van der Waals surface area contributed by atoms with Crippen molar-refractivity contribution in [3.8, 4) is 0 Å². The predicted octanol–water partition coefficient (Wildman–Crippen LogP) is 2.41. The highest BCUT2D eigenvalue weighted by atomic mass is 35.5. The van der Waals surface area contributed by atoms with Gasteiger partial charge in [-0.25, -0.2) is 13.1 Å². The van der Waals surface area contributed by atoms with E-state index in [1.54, 1.807) is 12.1 Å². The molecule has 110 valence electrons. The van der Waals surface area contributed by atoms with Crippen LogP contribution in [0.15, 0.2) is 29.2 Å². The van der Waals surface area contributed by atoms with Crippen LogP contribution in [-0.4, -0.2) is 21.0 Å². The van der Waals surface area contributed by atoms with Gasteiger partial charge in [0.15, 0.2) is 0 Å². The first-order valence-electron chi connectivity index (χ1n) is 5.83. The molecule has 0 bridgehead atoms. The van der Waals surface area contributed by atoms with Crippen molar-refractivity contribution in [2.45, 2.75) is 31.2 Å². The highest BCUT2D eigenvalue weighted by Gasteiger charge is 2.19. The summed E-state index contributed by atoms with van der Waals surface area (Å²) in [5.74, 6) is 0.381. The highest BCUT2D eigenvalue weighted by Crippen LogP contribution is 2.15. The van der Waals surface area contributed by atoms with Crippen molar-refractivity contribution in [3.05, 3.63) is 29.3 Å². The Balaban J connectivity index is 0.00000324. The standard InChI is InChI=1S/C12H19ClN2O2S.ClH/c1-9(2)7-11(8-14)15-18(16,17)12-5-3-10(13)4-6-12;/h3-6,9,11,15H,7-8,14H2,1-2H3;1H.